The van der Waals surface area contributed by atoms with Gasteiger partial charge in [0.1, 0.15) is 12.4 Å². The molecule has 0 atom stereocenters. The van der Waals surface area contributed by atoms with Gasteiger partial charge in [-0.1, -0.05) is 6.08 Å². The number of benzene rings is 1. The van der Waals surface area contributed by atoms with Crippen LogP contribution in [0.15, 0.2) is 36.9 Å². The summed E-state index contributed by atoms with van der Waals surface area (Å²) in [6.45, 7) is 4.05. The molecule has 0 heterocycles. The molecule has 0 unspecified atom stereocenters. The predicted molar refractivity (Wildman–Crippen MR) is 56.4 cm³/mol. The molecule has 0 saturated carbocycles. The number of ether oxygens (including phenoxy) is 1. The highest BCUT2D eigenvalue weighted by atomic mass is 19.1. The number of halogens is 1. The van der Waals surface area contributed by atoms with Crippen molar-refractivity contribution in [3.63, 3.8) is 0 Å². The molecule has 3 heteroatoms. The smallest absolute Gasteiger partial charge is 0.188 e. The van der Waals surface area contributed by atoms with Gasteiger partial charge in [0.2, 0.25) is 0 Å². The molecule has 0 aliphatic rings. The number of carbonyl (C=O) groups is 1. The van der Waals surface area contributed by atoms with Gasteiger partial charge in [0, 0.05) is 5.56 Å². The standard InChI is InChI=1S/C12H13FO2/c1-2-3-8-15-9-12(14)10-4-6-11(13)7-5-10/h2,4-7H,1,3,8-9H2. The highest BCUT2D eigenvalue weighted by Gasteiger charge is 2.05. The van der Waals surface area contributed by atoms with Gasteiger partial charge < -0.3 is 4.74 Å². The molecule has 0 radical (unpaired) electrons. The second-order valence-corrected chi connectivity index (χ2v) is 3.06. The quantitative estimate of drug-likeness (QED) is 0.408. The lowest BCUT2D eigenvalue weighted by molar-refractivity contribution is 0.0768. The van der Waals surface area contributed by atoms with E-state index in [9.17, 15) is 9.18 Å². The largest absolute Gasteiger partial charge is 0.373 e. The van der Waals surface area contributed by atoms with E-state index in [1.807, 2.05) is 0 Å². The van der Waals surface area contributed by atoms with Gasteiger partial charge in [-0.15, -0.1) is 6.58 Å². The maximum absolute atomic E-state index is 12.5. The van der Waals surface area contributed by atoms with Crippen molar-refractivity contribution in [1.82, 2.24) is 0 Å². The summed E-state index contributed by atoms with van der Waals surface area (Å²) in [6.07, 6.45) is 2.44. The Bertz CT molecular complexity index is 330. The van der Waals surface area contributed by atoms with E-state index < -0.39 is 0 Å². The number of rotatable bonds is 6. The molecule has 2 nitrogen and oxygen atoms in total. The van der Waals surface area contributed by atoms with Crippen LogP contribution in [0, 0.1) is 5.82 Å². The third-order valence-electron chi connectivity index (χ3n) is 1.87. The Balaban J connectivity index is 2.40. The Morgan fingerprint density at radius 1 is 1.40 bits per heavy atom. The van der Waals surface area contributed by atoms with Crippen molar-refractivity contribution in [1.29, 1.82) is 0 Å². The minimum absolute atomic E-state index is 0.0273. The van der Waals surface area contributed by atoms with Crippen molar-refractivity contribution in [2.24, 2.45) is 0 Å². The fourth-order valence-corrected chi connectivity index (χ4v) is 1.05. The second-order valence-electron chi connectivity index (χ2n) is 3.06. The zero-order valence-electron chi connectivity index (χ0n) is 8.41. The molecule has 80 valence electrons. The van der Waals surface area contributed by atoms with Crippen LogP contribution in [0.5, 0.6) is 0 Å². The molecule has 1 rings (SSSR count). The van der Waals surface area contributed by atoms with E-state index in [1.54, 1.807) is 6.08 Å². The number of carbonyl (C=O) groups excluding carboxylic acids is 1. The maximum atomic E-state index is 12.5. The summed E-state index contributed by atoms with van der Waals surface area (Å²) in [6, 6.07) is 5.43. The lowest BCUT2D eigenvalue weighted by Gasteiger charge is -2.01. The first-order valence-electron chi connectivity index (χ1n) is 4.71. The van der Waals surface area contributed by atoms with Crippen LogP contribution in [-0.2, 0) is 4.74 Å². The summed E-state index contributed by atoms with van der Waals surface area (Å²) in [5.41, 5.74) is 0.468. The number of hydrogen-bond donors (Lipinski definition) is 0. The van der Waals surface area contributed by atoms with Gasteiger partial charge in [-0.3, -0.25) is 4.79 Å². The first-order chi connectivity index (χ1) is 7.24. The van der Waals surface area contributed by atoms with E-state index in [0.717, 1.165) is 6.42 Å². The van der Waals surface area contributed by atoms with Crippen molar-refractivity contribution in [3.8, 4) is 0 Å². The summed E-state index contributed by atoms with van der Waals surface area (Å²) in [5, 5.41) is 0. The van der Waals surface area contributed by atoms with E-state index in [1.165, 1.54) is 24.3 Å². The Kier molecular flexibility index (Phi) is 4.71. The molecule has 1 aromatic rings. The van der Waals surface area contributed by atoms with Crippen LogP contribution in [0.3, 0.4) is 0 Å². The van der Waals surface area contributed by atoms with Gasteiger partial charge in [0.25, 0.3) is 0 Å². The minimum atomic E-state index is -0.348. The molecule has 0 amide bonds. The van der Waals surface area contributed by atoms with Crippen molar-refractivity contribution >= 4 is 5.78 Å². The molecule has 0 N–H and O–H groups in total. The number of Topliss-reactive ketones (excluding diaryl/α,β-unsaturated/α-hetero) is 1. The normalized spacial score (nSPS) is 9.93. The molecule has 0 aliphatic heterocycles. The SMILES string of the molecule is C=CCCOCC(=O)c1ccc(F)cc1. The van der Waals surface area contributed by atoms with Crippen LogP contribution >= 0.6 is 0 Å². The van der Waals surface area contributed by atoms with Crippen LogP contribution in [-0.4, -0.2) is 19.0 Å². The molecular formula is C12H13FO2. The molecule has 1 aromatic carbocycles. The monoisotopic (exact) mass is 208 g/mol. The lowest BCUT2D eigenvalue weighted by Crippen LogP contribution is -2.09. The summed E-state index contributed by atoms with van der Waals surface area (Å²) in [4.78, 5) is 11.4. The van der Waals surface area contributed by atoms with Gasteiger partial charge in [-0.25, -0.2) is 4.39 Å². The molecule has 15 heavy (non-hydrogen) atoms. The minimum Gasteiger partial charge on any atom is -0.373 e. The third-order valence-corrected chi connectivity index (χ3v) is 1.87. The highest BCUT2D eigenvalue weighted by molar-refractivity contribution is 5.96. The van der Waals surface area contributed by atoms with Crippen LogP contribution < -0.4 is 0 Å². The van der Waals surface area contributed by atoms with Gasteiger partial charge in [-0.05, 0) is 30.7 Å². The number of hydrogen-bond acceptors (Lipinski definition) is 2. The number of ketones is 1. The van der Waals surface area contributed by atoms with E-state index in [2.05, 4.69) is 6.58 Å². The summed E-state index contributed by atoms with van der Waals surface area (Å²) in [7, 11) is 0. The van der Waals surface area contributed by atoms with Crippen molar-refractivity contribution < 1.29 is 13.9 Å². The molecule has 0 aliphatic carbocycles. The lowest BCUT2D eigenvalue weighted by atomic mass is 10.1. The highest BCUT2D eigenvalue weighted by Crippen LogP contribution is 2.03. The van der Waals surface area contributed by atoms with E-state index in [-0.39, 0.29) is 18.2 Å². The predicted octanol–water partition coefficient (Wildman–Crippen LogP) is 2.60. The Morgan fingerprint density at radius 3 is 2.67 bits per heavy atom. The first-order valence-corrected chi connectivity index (χ1v) is 4.71. The molecule has 0 spiro atoms. The van der Waals surface area contributed by atoms with Gasteiger partial charge >= 0.3 is 0 Å². The van der Waals surface area contributed by atoms with Crippen LogP contribution in [0.1, 0.15) is 16.8 Å². The summed E-state index contributed by atoms with van der Waals surface area (Å²) >= 11 is 0. The molecular weight excluding hydrogens is 195 g/mol. The Hall–Kier alpha value is -1.48. The molecule has 0 aromatic heterocycles. The second kappa shape index (κ2) is 6.09. The Labute approximate surface area is 88.4 Å². The zero-order chi connectivity index (χ0) is 11.1. The average molecular weight is 208 g/mol. The fraction of sp³-hybridized carbons (Fsp3) is 0.250. The first kappa shape index (κ1) is 11.6. The summed E-state index contributed by atoms with van der Waals surface area (Å²) < 4.78 is 17.7. The third kappa shape index (κ3) is 4.04. The van der Waals surface area contributed by atoms with E-state index >= 15 is 0 Å². The Morgan fingerprint density at radius 2 is 2.07 bits per heavy atom. The molecule has 0 fully saturated rings. The van der Waals surface area contributed by atoms with Gasteiger partial charge in [0.05, 0.1) is 6.61 Å². The van der Waals surface area contributed by atoms with Crippen molar-refractivity contribution in [2.75, 3.05) is 13.2 Å². The van der Waals surface area contributed by atoms with Crippen LogP contribution in [0.25, 0.3) is 0 Å². The fourth-order valence-electron chi connectivity index (χ4n) is 1.05. The molecule has 0 saturated heterocycles. The van der Waals surface area contributed by atoms with Crippen molar-refractivity contribution in [2.45, 2.75) is 6.42 Å². The summed E-state index contributed by atoms with van der Waals surface area (Å²) in [5.74, 6) is -0.488. The van der Waals surface area contributed by atoms with Crippen LogP contribution in [0.2, 0.25) is 0 Å². The average Bonchev–Trinajstić information content (AvgIpc) is 2.25. The van der Waals surface area contributed by atoms with Gasteiger partial charge in [0.15, 0.2) is 5.78 Å². The zero-order valence-corrected chi connectivity index (χ0v) is 8.41. The van der Waals surface area contributed by atoms with Crippen LogP contribution in [0.4, 0.5) is 4.39 Å². The van der Waals surface area contributed by atoms with Gasteiger partial charge in [-0.2, -0.15) is 0 Å². The van der Waals surface area contributed by atoms with Crippen molar-refractivity contribution in [3.05, 3.63) is 48.3 Å². The molecule has 0 bridgehead atoms. The van der Waals surface area contributed by atoms with E-state index in [0.29, 0.717) is 12.2 Å². The maximum Gasteiger partial charge on any atom is 0.188 e. The van der Waals surface area contributed by atoms with E-state index in [4.69, 9.17) is 4.74 Å². The topological polar surface area (TPSA) is 26.3 Å².